The Hall–Kier alpha value is -4.68. The number of hydrogen-bond donors (Lipinski definition) is 1. The molecule has 0 amide bonds. The van der Waals surface area contributed by atoms with Crippen LogP contribution in [0.25, 0.3) is 10.2 Å². The molecule has 1 N–H and O–H groups in total. The monoisotopic (exact) mass is 794 g/mol. The van der Waals surface area contributed by atoms with Crippen molar-refractivity contribution < 1.29 is 18.7 Å². The molecule has 6 heterocycles. The summed E-state index contributed by atoms with van der Waals surface area (Å²) in [5, 5.41) is 14.0. The van der Waals surface area contributed by atoms with E-state index in [2.05, 4.69) is 43.2 Å². The number of aryl methyl sites for hydroxylation is 1. The fourth-order valence-corrected chi connectivity index (χ4v) is 9.86. The molecular weight excluding hydrogens is 748 g/mol. The van der Waals surface area contributed by atoms with Gasteiger partial charge < -0.3 is 24.6 Å². The van der Waals surface area contributed by atoms with Gasteiger partial charge in [-0.3, -0.25) is 4.90 Å². The summed E-state index contributed by atoms with van der Waals surface area (Å²) in [6, 6.07) is 13.6. The highest BCUT2D eigenvalue weighted by molar-refractivity contribution is 7.22. The van der Waals surface area contributed by atoms with Gasteiger partial charge in [0, 0.05) is 47.2 Å². The van der Waals surface area contributed by atoms with E-state index in [1.807, 2.05) is 30.0 Å². The number of anilines is 4. The van der Waals surface area contributed by atoms with Crippen LogP contribution in [0.4, 0.5) is 26.3 Å². The number of esters is 1. The maximum Gasteiger partial charge on any atom is 0.357 e. The highest BCUT2D eigenvalue weighted by atomic mass is 32.1. The molecule has 14 heteroatoms. The molecule has 11 nitrogen and oxygen atoms in total. The number of aromatic nitrogens is 4. The smallest absolute Gasteiger partial charge is 0.357 e. The van der Waals surface area contributed by atoms with Gasteiger partial charge in [-0.15, -0.1) is 21.5 Å². The predicted octanol–water partition coefficient (Wildman–Crippen LogP) is 7.92. The molecule has 2 saturated heterocycles. The molecular formula is C42H47FN8O3S2. The van der Waals surface area contributed by atoms with Crippen molar-refractivity contribution in [3.63, 3.8) is 0 Å². The first kappa shape index (κ1) is 38.2. The van der Waals surface area contributed by atoms with Crippen LogP contribution in [-0.2, 0) is 17.6 Å². The number of fused-ring (bicyclic) bond motifs is 2. The average Bonchev–Trinajstić information content (AvgIpc) is 3.85. The first-order valence-corrected chi connectivity index (χ1v) is 21.3. The van der Waals surface area contributed by atoms with Crippen LogP contribution in [0.5, 0.6) is 5.75 Å². The Bertz CT molecular complexity index is 2200. The van der Waals surface area contributed by atoms with Crippen LogP contribution in [0, 0.1) is 24.6 Å². The highest BCUT2D eigenvalue weighted by Gasteiger charge is 2.29. The Morgan fingerprint density at radius 2 is 1.84 bits per heavy atom. The van der Waals surface area contributed by atoms with Crippen LogP contribution in [0.15, 0.2) is 42.5 Å². The van der Waals surface area contributed by atoms with Crippen LogP contribution in [0.2, 0.25) is 0 Å². The van der Waals surface area contributed by atoms with E-state index in [0.29, 0.717) is 48.5 Å². The van der Waals surface area contributed by atoms with E-state index >= 15 is 4.39 Å². The van der Waals surface area contributed by atoms with Gasteiger partial charge in [0.2, 0.25) is 0 Å². The van der Waals surface area contributed by atoms with Crippen molar-refractivity contribution in [2.75, 3.05) is 63.2 Å². The number of carbonyl (C=O) groups excluding carboxylic acids is 1. The van der Waals surface area contributed by atoms with Gasteiger partial charge in [-0.25, -0.2) is 19.2 Å². The minimum Gasteiger partial charge on any atom is -0.491 e. The number of thiazole rings is 2. The molecule has 3 aromatic heterocycles. The SMILES string of the molecule is COC(=O)c1nc(N2CCCc3c2nnc(Nc2nc4ccccc4s2)c3C)sc1CCCOc1ccc(C#CCN2CCC(N3CCCCC3)CC2)cc1F. The Morgan fingerprint density at radius 1 is 1.00 bits per heavy atom. The largest absolute Gasteiger partial charge is 0.491 e. The Balaban J connectivity index is 0.862. The van der Waals surface area contributed by atoms with E-state index in [-0.39, 0.29) is 18.1 Å². The molecule has 3 aliphatic heterocycles. The maximum absolute atomic E-state index is 15.1. The van der Waals surface area contributed by atoms with Crippen molar-refractivity contribution in [1.29, 1.82) is 0 Å². The molecule has 2 aromatic carbocycles. The van der Waals surface area contributed by atoms with Crippen LogP contribution >= 0.6 is 22.7 Å². The molecule has 292 valence electrons. The number of halogens is 1. The molecule has 0 radical (unpaired) electrons. The zero-order chi connectivity index (χ0) is 38.4. The molecule has 0 aliphatic carbocycles. The molecule has 0 spiro atoms. The van der Waals surface area contributed by atoms with E-state index in [9.17, 15) is 4.79 Å². The first-order valence-electron chi connectivity index (χ1n) is 19.7. The lowest BCUT2D eigenvalue weighted by Gasteiger charge is -2.39. The maximum atomic E-state index is 15.1. The summed E-state index contributed by atoms with van der Waals surface area (Å²) in [6.45, 7) is 8.33. The van der Waals surface area contributed by atoms with Gasteiger partial charge in [-0.2, -0.15) is 0 Å². The summed E-state index contributed by atoms with van der Waals surface area (Å²) >= 11 is 3.01. The Morgan fingerprint density at radius 3 is 2.64 bits per heavy atom. The van der Waals surface area contributed by atoms with Crippen LogP contribution in [-0.4, -0.2) is 95.0 Å². The lowest BCUT2D eigenvalue weighted by molar-refractivity contribution is 0.0593. The summed E-state index contributed by atoms with van der Waals surface area (Å²) in [7, 11) is 1.36. The van der Waals surface area contributed by atoms with Crippen molar-refractivity contribution in [3.05, 3.63) is 75.5 Å². The van der Waals surface area contributed by atoms with Crippen LogP contribution in [0.1, 0.15) is 77.0 Å². The summed E-state index contributed by atoms with van der Waals surface area (Å²) in [5.74, 6) is 7.04. The third-order valence-corrected chi connectivity index (χ3v) is 13.0. The quantitative estimate of drug-likeness (QED) is 0.0801. The second kappa shape index (κ2) is 17.6. The van der Waals surface area contributed by atoms with Crippen molar-refractivity contribution in [1.82, 2.24) is 30.0 Å². The molecule has 8 rings (SSSR count). The predicted molar refractivity (Wildman–Crippen MR) is 220 cm³/mol. The molecule has 5 aromatic rings. The third kappa shape index (κ3) is 8.66. The normalized spacial score (nSPS) is 16.7. The van der Waals surface area contributed by atoms with Crippen molar-refractivity contribution in [2.45, 2.75) is 70.8 Å². The fourth-order valence-electron chi connectivity index (χ4n) is 7.88. The summed E-state index contributed by atoms with van der Waals surface area (Å²) in [5.41, 5.74) is 3.94. The molecule has 2 fully saturated rings. The number of benzene rings is 2. The van der Waals surface area contributed by atoms with Gasteiger partial charge in [-0.1, -0.05) is 41.7 Å². The number of rotatable bonds is 11. The summed E-state index contributed by atoms with van der Waals surface area (Å²) in [4.78, 5) is 30.2. The zero-order valence-corrected chi connectivity index (χ0v) is 33.6. The van der Waals surface area contributed by atoms with E-state index in [1.165, 1.54) is 69.7 Å². The van der Waals surface area contributed by atoms with Crippen molar-refractivity contribution >= 4 is 60.8 Å². The van der Waals surface area contributed by atoms with Crippen molar-refractivity contribution in [2.24, 2.45) is 0 Å². The average molecular weight is 795 g/mol. The van der Waals surface area contributed by atoms with Gasteiger partial charge in [-0.05, 0) is 102 Å². The van der Waals surface area contributed by atoms with Gasteiger partial charge in [0.15, 0.2) is 39.2 Å². The number of nitrogens with zero attached hydrogens (tertiary/aromatic N) is 7. The number of likely N-dealkylation sites (tertiary alicyclic amines) is 2. The summed E-state index contributed by atoms with van der Waals surface area (Å²) in [6.07, 6.45) is 9.24. The van der Waals surface area contributed by atoms with E-state index in [4.69, 9.17) is 19.4 Å². The van der Waals surface area contributed by atoms with Gasteiger partial charge in [0.05, 0.1) is 30.5 Å². The lowest BCUT2D eigenvalue weighted by atomic mass is 10.00. The zero-order valence-electron chi connectivity index (χ0n) is 32.0. The van der Waals surface area contributed by atoms with Gasteiger partial charge in [0.1, 0.15) is 0 Å². The van der Waals surface area contributed by atoms with Crippen LogP contribution < -0.4 is 15.0 Å². The Labute approximate surface area is 335 Å². The highest BCUT2D eigenvalue weighted by Crippen LogP contribution is 2.39. The summed E-state index contributed by atoms with van der Waals surface area (Å²) < 4.78 is 27.1. The number of para-hydroxylation sites is 1. The second-order valence-electron chi connectivity index (χ2n) is 14.6. The molecule has 0 atom stereocenters. The molecule has 0 unspecified atom stereocenters. The lowest BCUT2D eigenvalue weighted by Crippen LogP contribution is -2.46. The topological polar surface area (TPSA) is 109 Å². The molecule has 56 heavy (non-hydrogen) atoms. The second-order valence-corrected chi connectivity index (χ2v) is 16.7. The van der Waals surface area contributed by atoms with Crippen LogP contribution in [0.3, 0.4) is 0 Å². The molecule has 3 aliphatic rings. The molecule has 0 bridgehead atoms. The minimum atomic E-state index is -0.497. The fraction of sp³-hybridized carbons (Fsp3) is 0.452. The Kier molecular flexibility index (Phi) is 12.0. The minimum absolute atomic E-state index is 0.185. The number of ether oxygens (including phenoxy) is 2. The van der Waals surface area contributed by atoms with Gasteiger partial charge >= 0.3 is 5.97 Å². The number of hydrogen-bond acceptors (Lipinski definition) is 13. The third-order valence-electron chi connectivity index (χ3n) is 10.9. The number of methoxy groups -OCH3 is 1. The first-order chi connectivity index (χ1) is 27.4. The van der Waals surface area contributed by atoms with E-state index in [0.717, 1.165) is 63.1 Å². The molecule has 0 saturated carbocycles. The van der Waals surface area contributed by atoms with E-state index < -0.39 is 11.8 Å². The number of nitrogens with one attached hydrogen (secondary N) is 1. The van der Waals surface area contributed by atoms with Crippen molar-refractivity contribution in [3.8, 4) is 17.6 Å². The van der Waals surface area contributed by atoms with Gasteiger partial charge in [0.25, 0.3) is 0 Å². The van der Waals surface area contributed by atoms with E-state index in [1.54, 1.807) is 23.5 Å². The number of carbonyl (C=O) groups is 1. The standard InChI is InChI=1S/C42H47FN8O3S2/c1-28-31-12-9-23-51(39(31)48-47-38(28)46-41-44-33-13-4-5-14-35(33)55-41)42-45-37(40(52)53-2)36(56-42)15-10-26-54-34-17-16-29(27-32(34)43)11-8-20-49-24-18-30(19-25-49)50-21-6-3-7-22-50/h4-5,13-14,16-17,27,30H,3,6-7,9-10,12,15,18-26H2,1-2H3,(H,44,46,47). The number of piperidine rings is 2.